The second kappa shape index (κ2) is 9.15. The lowest BCUT2D eigenvalue weighted by Gasteiger charge is -2.05. The van der Waals surface area contributed by atoms with Crippen LogP contribution in [0.1, 0.15) is 15.4 Å². The number of hydrogen-bond donors (Lipinski definition) is 2. The number of ether oxygens (including phenoxy) is 2. The van der Waals surface area contributed by atoms with Crippen LogP contribution in [0.25, 0.3) is 0 Å². The van der Waals surface area contributed by atoms with Crippen LogP contribution in [0.4, 0.5) is 10.8 Å². The molecule has 0 aliphatic rings. The highest BCUT2D eigenvalue weighted by atomic mass is 32.1. The molecule has 2 aromatic heterocycles. The molecule has 0 atom stereocenters. The molecule has 7 nitrogen and oxygen atoms in total. The monoisotopic (exact) mass is 403 g/mol. The smallest absolute Gasteiger partial charge is 0.325 e. The largest absolute Gasteiger partial charge is 0.497 e. The van der Waals surface area contributed by atoms with Gasteiger partial charge in [-0.2, -0.15) is 0 Å². The van der Waals surface area contributed by atoms with Crippen molar-refractivity contribution >= 4 is 45.4 Å². The molecule has 2 N–H and O–H groups in total. The number of anilines is 2. The third kappa shape index (κ3) is 5.53. The van der Waals surface area contributed by atoms with Gasteiger partial charge < -0.3 is 20.1 Å². The van der Waals surface area contributed by atoms with Crippen molar-refractivity contribution < 1.29 is 19.1 Å². The van der Waals surface area contributed by atoms with Crippen molar-refractivity contribution in [2.45, 2.75) is 6.61 Å². The maximum Gasteiger partial charge on any atom is 0.325 e. The number of carbonyl (C=O) groups excluding carboxylic acids is 2. The molecule has 3 aromatic rings. The number of amides is 1. The summed E-state index contributed by atoms with van der Waals surface area (Å²) in [4.78, 5) is 28.5. The lowest BCUT2D eigenvalue weighted by molar-refractivity contribution is -0.143. The SMILES string of the molecule is COc1ccc(Nc2nc(COC(=O)CNC(=O)c3cccs3)cs2)cc1. The van der Waals surface area contributed by atoms with Gasteiger partial charge in [-0.25, -0.2) is 4.98 Å². The summed E-state index contributed by atoms with van der Waals surface area (Å²) in [6.45, 7) is -0.133. The Bertz CT molecular complexity index is 892. The van der Waals surface area contributed by atoms with Crippen LogP contribution in [0, 0.1) is 0 Å². The second-order valence-electron chi connectivity index (χ2n) is 5.32. The van der Waals surface area contributed by atoms with Gasteiger partial charge in [0.1, 0.15) is 18.9 Å². The maximum atomic E-state index is 11.8. The van der Waals surface area contributed by atoms with Gasteiger partial charge in [-0.15, -0.1) is 22.7 Å². The highest BCUT2D eigenvalue weighted by Gasteiger charge is 2.11. The molecular weight excluding hydrogens is 386 g/mol. The number of aromatic nitrogens is 1. The number of nitrogens with one attached hydrogen (secondary N) is 2. The van der Waals surface area contributed by atoms with E-state index in [-0.39, 0.29) is 19.1 Å². The van der Waals surface area contributed by atoms with Gasteiger partial charge in [-0.3, -0.25) is 9.59 Å². The maximum absolute atomic E-state index is 11.8. The highest BCUT2D eigenvalue weighted by Crippen LogP contribution is 2.23. The number of nitrogens with zero attached hydrogens (tertiary/aromatic N) is 1. The summed E-state index contributed by atoms with van der Waals surface area (Å²) < 4.78 is 10.3. The first-order chi connectivity index (χ1) is 13.1. The van der Waals surface area contributed by atoms with Gasteiger partial charge in [0.25, 0.3) is 5.91 Å². The number of methoxy groups -OCH3 is 1. The van der Waals surface area contributed by atoms with Gasteiger partial charge in [0, 0.05) is 11.1 Å². The number of carbonyl (C=O) groups is 2. The number of esters is 1. The van der Waals surface area contributed by atoms with E-state index in [1.807, 2.05) is 29.6 Å². The molecule has 140 valence electrons. The van der Waals surface area contributed by atoms with Crippen molar-refractivity contribution in [1.29, 1.82) is 0 Å². The van der Waals surface area contributed by atoms with Crippen LogP contribution in [0.2, 0.25) is 0 Å². The quantitative estimate of drug-likeness (QED) is 0.560. The first-order valence-electron chi connectivity index (χ1n) is 7.97. The van der Waals surface area contributed by atoms with Gasteiger partial charge in [0.05, 0.1) is 17.7 Å². The van der Waals surface area contributed by atoms with E-state index in [2.05, 4.69) is 15.6 Å². The average Bonchev–Trinajstić information content (AvgIpc) is 3.37. The summed E-state index contributed by atoms with van der Waals surface area (Å²) in [6, 6.07) is 10.9. The Kier molecular flexibility index (Phi) is 6.39. The third-order valence-corrected chi connectivity index (χ3v) is 5.09. The molecule has 0 bridgehead atoms. The van der Waals surface area contributed by atoms with Crippen molar-refractivity contribution in [2.24, 2.45) is 0 Å². The Morgan fingerprint density at radius 3 is 2.67 bits per heavy atom. The average molecular weight is 403 g/mol. The predicted octanol–water partition coefficient (Wildman–Crippen LogP) is 3.43. The van der Waals surface area contributed by atoms with Crippen molar-refractivity contribution in [3.8, 4) is 5.75 Å². The van der Waals surface area contributed by atoms with Gasteiger partial charge in [0.15, 0.2) is 5.13 Å². The molecule has 2 heterocycles. The minimum Gasteiger partial charge on any atom is -0.497 e. The van der Waals surface area contributed by atoms with Crippen molar-refractivity contribution in [3.63, 3.8) is 0 Å². The second-order valence-corrected chi connectivity index (χ2v) is 7.12. The highest BCUT2D eigenvalue weighted by molar-refractivity contribution is 7.13. The Labute approximate surface area is 164 Å². The molecule has 0 spiro atoms. The van der Waals surface area contributed by atoms with E-state index in [0.29, 0.717) is 15.7 Å². The molecule has 1 aromatic carbocycles. The first kappa shape index (κ1) is 18.9. The Hall–Kier alpha value is -2.91. The van der Waals surface area contributed by atoms with Crippen LogP contribution in [-0.4, -0.2) is 30.5 Å². The first-order valence-corrected chi connectivity index (χ1v) is 9.73. The Morgan fingerprint density at radius 2 is 1.96 bits per heavy atom. The fraction of sp³-hybridized carbons (Fsp3) is 0.167. The standard InChI is InChI=1S/C18H17N3O4S2/c1-24-14-6-4-12(5-7-14)20-18-21-13(11-27-18)10-25-16(22)9-19-17(23)15-3-2-8-26-15/h2-8,11H,9-10H2,1H3,(H,19,23)(H,20,21). The molecule has 0 saturated carbocycles. The lowest BCUT2D eigenvalue weighted by Crippen LogP contribution is -2.30. The normalized spacial score (nSPS) is 10.3. The zero-order chi connectivity index (χ0) is 19.1. The van der Waals surface area contributed by atoms with Crippen LogP contribution >= 0.6 is 22.7 Å². The summed E-state index contributed by atoms with van der Waals surface area (Å²) in [5.74, 6) is -0.0300. The van der Waals surface area contributed by atoms with Crippen molar-refractivity contribution in [1.82, 2.24) is 10.3 Å². The van der Waals surface area contributed by atoms with Crippen molar-refractivity contribution in [2.75, 3.05) is 19.0 Å². The van der Waals surface area contributed by atoms with Gasteiger partial charge in [-0.05, 0) is 35.7 Å². The molecule has 3 rings (SSSR count). The summed E-state index contributed by atoms with van der Waals surface area (Å²) in [5, 5.41) is 10.00. The summed E-state index contributed by atoms with van der Waals surface area (Å²) in [7, 11) is 1.62. The summed E-state index contributed by atoms with van der Waals surface area (Å²) in [5.41, 5.74) is 1.51. The van der Waals surface area contributed by atoms with E-state index in [1.54, 1.807) is 24.6 Å². The predicted molar refractivity (Wildman–Crippen MR) is 105 cm³/mol. The molecule has 0 aliphatic heterocycles. The van der Waals surface area contributed by atoms with Crippen LogP contribution < -0.4 is 15.4 Å². The van der Waals surface area contributed by atoms with Crippen LogP contribution in [0.15, 0.2) is 47.2 Å². The molecule has 27 heavy (non-hydrogen) atoms. The number of thiophene rings is 1. The number of benzene rings is 1. The molecular formula is C18H17N3O4S2. The third-order valence-electron chi connectivity index (χ3n) is 3.41. The van der Waals surface area contributed by atoms with E-state index in [0.717, 1.165) is 11.4 Å². The van der Waals surface area contributed by atoms with Crippen LogP contribution in [-0.2, 0) is 16.1 Å². The topological polar surface area (TPSA) is 89.5 Å². The van der Waals surface area contributed by atoms with Crippen LogP contribution in [0.5, 0.6) is 5.75 Å². The zero-order valence-electron chi connectivity index (χ0n) is 14.4. The van der Waals surface area contributed by atoms with Crippen molar-refractivity contribution in [3.05, 3.63) is 57.7 Å². The molecule has 0 fully saturated rings. The summed E-state index contributed by atoms with van der Waals surface area (Å²) in [6.07, 6.45) is 0. The van der Waals surface area contributed by atoms with E-state index >= 15 is 0 Å². The summed E-state index contributed by atoms with van der Waals surface area (Å²) >= 11 is 2.72. The molecule has 0 unspecified atom stereocenters. The van der Waals surface area contributed by atoms with Gasteiger partial charge in [0.2, 0.25) is 0 Å². The minimum atomic E-state index is -0.516. The van der Waals surface area contributed by atoms with Gasteiger partial charge in [-0.1, -0.05) is 6.07 Å². The lowest BCUT2D eigenvalue weighted by atomic mass is 10.3. The molecule has 0 aliphatic carbocycles. The number of thiazole rings is 1. The molecule has 9 heteroatoms. The van der Waals surface area contributed by atoms with E-state index in [9.17, 15) is 9.59 Å². The molecule has 0 radical (unpaired) electrons. The number of hydrogen-bond acceptors (Lipinski definition) is 8. The molecule has 0 saturated heterocycles. The van der Waals surface area contributed by atoms with Crippen LogP contribution in [0.3, 0.4) is 0 Å². The fourth-order valence-electron chi connectivity index (χ4n) is 2.08. The molecule has 1 amide bonds. The van der Waals surface area contributed by atoms with E-state index < -0.39 is 5.97 Å². The van der Waals surface area contributed by atoms with E-state index in [4.69, 9.17) is 9.47 Å². The zero-order valence-corrected chi connectivity index (χ0v) is 16.1. The Balaban J connectivity index is 1.43. The van der Waals surface area contributed by atoms with Gasteiger partial charge >= 0.3 is 5.97 Å². The minimum absolute atomic E-state index is 0.0501. The van der Waals surface area contributed by atoms with E-state index in [1.165, 1.54) is 22.7 Å². The number of rotatable bonds is 8. The Morgan fingerprint density at radius 1 is 1.15 bits per heavy atom. The fourth-order valence-corrected chi connectivity index (χ4v) is 3.44.